The number of carbonyl (C=O) groups is 2. The summed E-state index contributed by atoms with van der Waals surface area (Å²) in [5.74, 6) is 0.0994. The van der Waals surface area contributed by atoms with Crippen LogP contribution in [0, 0.1) is 11.3 Å². The number of hydrogen-bond acceptors (Lipinski definition) is 6. The van der Waals surface area contributed by atoms with Gasteiger partial charge in [-0.05, 0) is 82.8 Å². The number of rotatable bonds is 7. The normalized spacial score (nSPS) is 15.7. The third kappa shape index (κ3) is 5.86. The van der Waals surface area contributed by atoms with Gasteiger partial charge in [0, 0.05) is 5.39 Å². The van der Waals surface area contributed by atoms with Crippen LogP contribution in [-0.4, -0.2) is 36.2 Å². The minimum Gasteiger partial charge on any atom is -0.493 e. The van der Waals surface area contributed by atoms with Gasteiger partial charge in [-0.2, -0.15) is 0 Å². The highest BCUT2D eigenvalue weighted by Gasteiger charge is 2.35. The van der Waals surface area contributed by atoms with Gasteiger partial charge in [0.15, 0.2) is 11.5 Å². The number of allylic oxidation sites excluding steroid dienone is 1. The summed E-state index contributed by atoms with van der Waals surface area (Å²) in [7, 11) is 2.95. The van der Waals surface area contributed by atoms with Gasteiger partial charge in [-0.1, -0.05) is 57.2 Å². The zero-order chi connectivity index (χ0) is 30.0. The molecular formula is C35H35NO6. The van der Waals surface area contributed by atoms with Crippen LogP contribution in [0.3, 0.4) is 0 Å². The van der Waals surface area contributed by atoms with E-state index in [0.717, 1.165) is 34.4 Å². The van der Waals surface area contributed by atoms with E-state index in [1.54, 1.807) is 19.2 Å². The van der Waals surface area contributed by atoms with Crippen molar-refractivity contribution in [2.45, 2.75) is 40.2 Å². The molecule has 1 aliphatic carbocycles. The first kappa shape index (κ1) is 28.9. The van der Waals surface area contributed by atoms with Crippen molar-refractivity contribution in [1.29, 1.82) is 0 Å². The Hall–Kier alpha value is -4.65. The van der Waals surface area contributed by atoms with Crippen LogP contribution in [0.5, 0.6) is 11.5 Å². The van der Waals surface area contributed by atoms with Crippen molar-refractivity contribution in [3.05, 3.63) is 100 Å². The number of esters is 1. The van der Waals surface area contributed by atoms with Gasteiger partial charge in [-0.15, -0.1) is 0 Å². The molecule has 1 aromatic heterocycles. The SMILES string of the molecule is COC(=O)c1ccc(COc2ccc(/C=C3/C[C@H](C(C)(C)C)Cc4c3nc3ccccc3c4C(=O)O)cc2OC)cc1. The lowest BCUT2D eigenvalue weighted by Gasteiger charge is -2.36. The van der Waals surface area contributed by atoms with Crippen LogP contribution in [0.2, 0.25) is 0 Å². The molecule has 7 nitrogen and oxygen atoms in total. The summed E-state index contributed by atoms with van der Waals surface area (Å²) in [5, 5.41) is 11.0. The number of benzene rings is 3. The predicted octanol–water partition coefficient (Wildman–Crippen LogP) is 7.46. The monoisotopic (exact) mass is 565 g/mol. The molecule has 1 aliphatic rings. The van der Waals surface area contributed by atoms with Crippen molar-refractivity contribution in [2.75, 3.05) is 14.2 Å². The van der Waals surface area contributed by atoms with Crippen molar-refractivity contribution in [2.24, 2.45) is 11.3 Å². The number of nitrogens with zero attached hydrogens (tertiary/aromatic N) is 1. The number of aromatic nitrogens is 1. The van der Waals surface area contributed by atoms with Gasteiger partial charge < -0.3 is 19.3 Å². The molecule has 0 radical (unpaired) electrons. The fourth-order valence-electron chi connectivity index (χ4n) is 5.49. The summed E-state index contributed by atoms with van der Waals surface area (Å²) in [6, 6.07) is 20.3. The molecule has 1 atom stereocenters. The van der Waals surface area contributed by atoms with Crippen molar-refractivity contribution in [3.63, 3.8) is 0 Å². The Balaban J connectivity index is 1.50. The summed E-state index contributed by atoms with van der Waals surface area (Å²) in [6.07, 6.45) is 3.53. The molecule has 1 heterocycles. The maximum atomic E-state index is 12.6. The maximum absolute atomic E-state index is 12.6. The second-order valence-corrected chi connectivity index (χ2v) is 11.7. The van der Waals surface area contributed by atoms with Gasteiger partial charge in [0.05, 0.1) is 36.6 Å². The molecular weight excluding hydrogens is 530 g/mol. The summed E-state index contributed by atoms with van der Waals surface area (Å²) in [6.45, 7) is 6.90. The largest absolute Gasteiger partial charge is 0.493 e. The number of carbonyl (C=O) groups excluding carboxylic acids is 1. The van der Waals surface area contributed by atoms with E-state index in [9.17, 15) is 14.7 Å². The van der Waals surface area contributed by atoms with E-state index in [2.05, 4.69) is 26.8 Å². The van der Waals surface area contributed by atoms with E-state index < -0.39 is 5.97 Å². The zero-order valence-corrected chi connectivity index (χ0v) is 24.6. The number of hydrogen-bond donors (Lipinski definition) is 1. The first-order valence-electron chi connectivity index (χ1n) is 13.9. The zero-order valence-electron chi connectivity index (χ0n) is 24.6. The highest BCUT2D eigenvalue weighted by Crippen LogP contribution is 2.45. The Morgan fingerprint density at radius 1 is 0.976 bits per heavy atom. The molecule has 0 saturated heterocycles. The summed E-state index contributed by atoms with van der Waals surface area (Å²) in [4.78, 5) is 29.2. The Kier molecular flexibility index (Phi) is 8.03. The quantitative estimate of drug-likeness (QED) is 0.233. The second-order valence-electron chi connectivity index (χ2n) is 11.7. The highest BCUT2D eigenvalue weighted by molar-refractivity contribution is 6.06. The van der Waals surface area contributed by atoms with Crippen molar-refractivity contribution in [3.8, 4) is 11.5 Å². The van der Waals surface area contributed by atoms with Crippen molar-refractivity contribution in [1.82, 2.24) is 4.98 Å². The number of ether oxygens (including phenoxy) is 3. The molecule has 0 amide bonds. The number of aromatic carboxylic acids is 1. The highest BCUT2D eigenvalue weighted by atomic mass is 16.5. The lowest BCUT2D eigenvalue weighted by atomic mass is 9.69. The molecule has 0 unspecified atom stereocenters. The fraction of sp³-hybridized carbons (Fsp3) is 0.286. The van der Waals surface area contributed by atoms with E-state index in [0.29, 0.717) is 46.6 Å². The van der Waals surface area contributed by atoms with Crippen LogP contribution in [0.15, 0.2) is 66.7 Å². The van der Waals surface area contributed by atoms with E-state index in [4.69, 9.17) is 19.2 Å². The third-order valence-electron chi connectivity index (χ3n) is 7.95. The number of carboxylic acid groups (broad SMARTS) is 1. The molecule has 0 bridgehead atoms. The topological polar surface area (TPSA) is 95.0 Å². The lowest BCUT2D eigenvalue weighted by Crippen LogP contribution is -2.28. The van der Waals surface area contributed by atoms with Gasteiger partial charge in [-0.25, -0.2) is 14.6 Å². The predicted molar refractivity (Wildman–Crippen MR) is 163 cm³/mol. The van der Waals surface area contributed by atoms with Gasteiger partial charge in [-0.3, -0.25) is 0 Å². The molecule has 3 aromatic carbocycles. The fourth-order valence-corrected chi connectivity index (χ4v) is 5.49. The average molecular weight is 566 g/mol. The summed E-state index contributed by atoms with van der Waals surface area (Å²) >= 11 is 0. The molecule has 0 fully saturated rings. The van der Waals surface area contributed by atoms with Crippen LogP contribution in [0.25, 0.3) is 22.6 Å². The minimum absolute atomic E-state index is 0.0252. The number of fused-ring (bicyclic) bond motifs is 2. The smallest absolute Gasteiger partial charge is 0.337 e. The standard InChI is InChI=1S/C35H35NO6/c1-35(2,3)25-18-24(32-27(19-25)31(33(37)38)26-8-6-7-9-28(26)36-32)16-22-12-15-29(30(17-22)40-4)42-20-21-10-13-23(14-11-21)34(39)41-5/h6-17,25H,18-20H2,1-5H3,(H,37,38)/b24-16-/t25-/m0/s1. The Morgan fingerprint density at radius 2 is 1.71 bits per heavy atom. The molecule has 216 valence electrons. The van der Waals surface area contributed by atoms with Crippen LogP contribution < -0.4 is 9.47 Å². The maximum Gasteiger partial charge on any atom is 0.337 e. The van der Waals surface area contributed by atoms with E-state index in [1.165, 1.54) is 7.11 Å². The van der Waals surface area contributed by atoms with Crippen molar-refractivity contribution < 1.29 is 28.9 Å². The molecule has 5 rings (SSSR count). The summed E-state index contributed by atoms with van der Waals surface area (Å²) in [5.41, 5.74) is 5.83. The average Bonchev–Trinajstić information content (AvgIpc) is 2.98. The Morgan fingerprint density at radius 3 is 2.38 bits per heavy atom. The van der Waals surface area contributed by atoms with Gasteiger partial charge in [0.1, 0.15) is 6.61 Å². The molecule has 42 heavy (non-hydrogen) atoms. The van der Waals surface area contributed by atoms with Gasteiger partial charge in [0.25, 0.3) is 0 Å². The Bertz CT molecular complexity index is 1680. The molecule has 0 aliphatic heterocycles. The van der Waals surface area contributed by atoms with Gasteiger partial charge >= 0.3 is 11.9 Å². The van der Waals surface area contributed by atoms with Crippen LogP contribution in [0.1, 0.15) is 70.3 Å². The lowest BCUT2D eigenvalue weighted by molar-refractivity contribution is 0.0599. The first-order chi connectivity index (χ1) is 20.1. The number of pyridine rings is 1. The van der Waals surface area contributed by atoms with Crippen LogP contribution >= 0.6 is 0 Å². The molecule has 7 heteroatoms. The van der Waals surface area contributed by atoms with E-state index in [-0.39, 0.29) is 17.3 Å². The van der Waals surface area contributed by atoms with Gasteiger partial charge in [0.2, 0.25) is 0 Å². The third-order valence-corrected chi connectivity index (χ3v) is 7.95. The van der Waals surface area contributed by atoms with Crippen LogP contribution in [-0.2, 0) is 17.8 Å². The first-order valence-corrected chi connectivity index (χ1v) is 13.9. The van der Waals surface area contributed by atoms with E-state index >= 15 is 0 Å². The second kappa shape index (κ2) is 11.7. The molecule has 1 N–H and O–H groups in total. The van der Waals surface area contributed by atoms with Crippen LogP contribution in [0.4, 0.5) is 0 Å². The number of para-hydroxylation sites is 1. The Labute approximate surface area is 245 Å². The van der Waals surface area contributed by atoms with Crippen molar-refractivity contribution >= 4 is 34.5 Å². The minimum atomic E-state index is -0.929. The molecule has 0 saturated carbocycles. The molecule has 0 spiro atoms. The summed E-state index contributed by atoms with van der Waals surface area (Å²) < 4.78 is 16.5. The number of carboxylic acids is 1. The number of methoxy groups -OCH3 is 2. The molecule has 4 aromatic rings. The van der Waals surface area contributed by atoms with E-state index in [1.807, 2.05) is 54.6 Å².